The molecule has 1 unspecified atom stereocenters. The molecule has 1 N–H and O–H groups in total. The van der Waals surface area contributed by atoms with Gasteiger partial charge in [0.1, 0.15) is 0 Å². The number of alkyl halides is 2. The highest BCUT2D eigenvalue weighted by atomic mass is 19.3. The summed E-state index contributed by atoms with van der Waals surface area (Å²) >= 11 is 0. The van der Waals surface area contributed by atoms with E-state index in [0.29, 0.717) is 25.2 Å². The maximum absolute atomic E-state index is 13.6. The number of rotatable bonds is 4. The molecular formula is C13H24F2N2. The van der Waals surface area contributed by atoms with Crippen LogP contribution in [0.5, 0.6) is 0 Å². The largest absolute Gasteiger partial charge is 0.307 e. The molecule has 2 aliphatic rings. The molecule has 0 amide bonds. The number of nitrogens with one attached hydrogen (secondary N) is 1. The topological polar surface area (TPSA) is 15.3 Å². The van der Waals surface area contributed by atoms with E-state index in [2.05, 4.69) is 24.1 Å². The lowest BCUT2D eigenvalue weighted by Crippen LogP contribution is -2.50. The molecule has 1 aliphatic heterocycles. The third-order valence-electron chi connectivity index (χ3n) is 4.21. The Labute approximate surface area is 103 Å². The minimum Gasteiger partial charge on any atom is -0.307 e. The zero-order valence-electron chi connectivity index (χ0n) is 10.9. The van der Waals surface area contributed by atoms with E-state index in [1.807, 2.05) is 0 Å². The van der Waals surface area contributed by atoms with Crippen LogP contribution in [-0.2, 0) is 0 Å². The van der Waals surface area contributed by atoms with Crippen LogP contribution in [-0.4, -0.2) is 42.0 Å². The third kappa shape index (κ3) is 2.97. The predicted octanol–water partition coefficient (Wildman–Crippen LogP) is 2.64. The molecule has 17 heavy (non-hydrogen) atoms. The van der Waals surface area contributed by atoms with Gasteiger partial charge in [-0.2, -0.15) is 0 Å². The van der Waals surface area contributed by atoms with Crippen LogP contribution in [0.25, 0.3) is 0 Å². The van der Waals surface area contributed by atoms with Gasteiger partial charge in [0.05, 0.1) is 6.04 Å². The first-order valence-corrected chi connectivity index (χ1v) is 6.87. The van der Waals surface area contributed by atoms with Crippen LogP contribution in [0.3, 0.4) is 0 Å². The molecule has 2 rings (SSSR count). The summed E-state index contributed by atoms with van der Waals surface area (Å²) in [6.45, 7) is 5.18. The van der Waals surface area contributed by atoms with E-state index in [-0.39, 0.29) is 6.42 Å². The van der Waals surface area contributed by atoms with Gasteiger partial charge in [0.15, 0.2) is 0 Å². The van der Waals surface area contributed by atoms with Gasteiger partial charge in [0.25, 0.3) is 5.92 Å². The number of halogens is 2. The van der Waals surface area contributed by atoms with Crippen molar-refractivity contribution < 1.29 is 8.78 Å². The van der Waals surface area contributed by atoms with E-state index >= 15 is 0 Å². The number of hydrogen-bond acceptors (Lipinski definition) is 2. The summed E-state index contributed by atoms with van der Waals surface area (Å²) in [7, 11) is 0. The summed E-state index contributed by atoms with van der Waals surface area (Å²) < 4.78 is 27.3. The summed E-state index contributed by atoms with van der Waals surface area (Å²) in [5.74, 6) is -2.52. The van der Waals surface area contributed by atoms with Crippen LogP contribution in [0.2, 0.25) is 0 Å². The van der Waals surface area contributed by atoms with Gasteiger partial charge >= 0.3 is 0 Å². The van der Waals surface area contributed by atoms with Gasteiger partial charge in [-0.1, -0.05) is 12.8 Å². The van der Waals surface area contributed by atoms with Crippen molar-refractivity contribution in [1.29, 1.82) is 0 Å². The van der Waals surface area contributed by atoms with Gasteiger partial charge in [-0.05, 0) is 26.7 Å². The van der Waals surface area contributed by atoms with Crippen molar-refractivity contribution in [3.63, 3.8) is 0 Å². The van der Waals surface area contributed by atoms with Crippen molar-refractivity contribution in [3.8, 4) is 0 Å². The van der Waals surface area contributed by atoms with Gasteiger partial charge in [-0.15, -0.1) is 0 Å². The number of hydrogen-bond donors (Lipinski definition) is 1. The Morgan fingerprint density at radius 2 is 1.94 bits per heavy atom. The zero-order chi connectivity index (χ0) is 12.5. The first-order chi connectivity index (χ1) is 8.00. The van der Waals surface area contributed by atoms with Crippen molar-refractivity contribution in [3.05, 3.63) is 0 Å². The molecule has 0 radical (unpaired) electrons. The molecule has 1 saturated heterocycles. The fraction of sp³-hybridized carbons (Fsp3) is 1.00. The van der Waals surface area contributed by atoms with Crippen LogP contribution in [0.1, 0.15) is 46.0 Å². The Bertz CT molecular complexity index is 250. The minimum absolute atomic E-state index is 0.00569. The van der Waals surface area contributed by atoms with E-state index in [1.165, 1.54) is 25.7 Å². The summed E-state index contributed by atoms with van der Waals surface area (Å²) in [5, 5.41) is 2.96. The Morgan fingerprint density at radius 3 is 2.41 bits per heavy atom. The van der Waals surface area contributed by atoms with Crippen molar-refractivity contribution in [2.75, 3.05) is 13.1 Å². The molecule has 0 aromatic heterocycles. The summed E-state index contributed by atoms with van der Waals surface area (Å²) in [4.78, 5) is 2.28. The van der Waals surface area contributed by atoms with Crippen molar-refractivity contribution in [2.24, 2.45) is 0 Å². The molecule has 1 saturated carbocycles. The molecule has 2 nitrogen and oxygen atoms in total. The Balaban J connectivity index is 1.97. The third-order valence-corrected chi connectivity index (χ3v) is 4.21. The standard InChI is InChI=1S/C13H24F2N2/c1-10(2)17(11-5-3-4-6-11)9-12-13(14,15)7-8-16-12/h10-12,16H,3-9H2,1-2H3. The van der Waals surface area contributed by atoms with Crippen LogP contribution in [0.4, 0.5) is 8.78 Å². The normalized spacial score (nSPS) is 29.6. The van der Waals surface area contributed by atoms with Gasteiger partial charge in [0, 0.05) is 31.6 Å². The molecule has 1 heterocycles. The van der Waals surface area contributed by atoms with Crippen LogP contribution < -0.4 is 5.32 Å². The van der Waals surface area contributed by atoms with E-state index in [0.717, 1.165) is 0 Å². The maximum Gasteiger partial charge on any atom is 0.265 e. The van der Waals surface area contributed by atoms with Crippen molar-refractivity contribution in [1.82, 2.24) is 10.2 Å². The molecule has 1 atom stereocenters. The quantitative estimate of drug-likeness (QED) is 0.820. The van der Waals surface area contributed by atoms with E-state index in [9.17, 15) is 8.78 Å². The van der Waals surface area contributed by atoms with Gasteiger partial charge in [-0.25, -0.2) is 8.78 Å². The SMILES string of the molecule is CC(C)N(CC1NCCC1(F)F)C1CCCC1. The van der Waals surface area contributed by atoms with Gasteiger partial charge in [0.2, 0.25) is 0 Å². The second kappa shape index (κ2) is 5.19. The van der Waals surface area contributed by atoms with Crippen LogP contribution >= 0.6 is 0 Å². The lowest BCUT2D eigenvalue weighted by atomic mass is 10.1. The number of nitrogens with zero attached hydrogens (tertiary/aromatic N) is 1. The Kier molecular flexibility index (Phi) is 4.03. The average Bonchev–Trinajstić information content (AvgIpc) is 2.83. The second-order valence-corrected chi connectivity index (χ2v) is 5.75. The molecule has 0 bridgehead atoms. The summed E-state index contributed by atoms with van der Waals surface area (Å²) in [6, 6.07) is 0.231. The molecule has 0 spiro atoms. The maximum atomic E-state index is 13.6. The second-order valence-electron chi connectivity index (χ2n) is 5.75. The average molecular weight is 246 g/mol. The van der Waals surface area contributed by atoms with E-state index in [1.54, 1.807) is 0 Å². The lowest BCUT2D eigenvalue weighted by molar-refractivity contribution is -0.0278. The molecular weight excluding hydrogens is 222 g/mol. The smallest absolute Gasteiger partial charge is 0.265 e. The predicted molar refractivity (Wildman–Crippen MR) is 65.5 cm³/mol. The molecule has 4 heteroatoms. The monoisotopic (exact) mass is 246 g/mol. The van der Waals surface area contributed by atoms with Crippen LogP contribution in [0, 0.1) is 0 Å². The van der Waals surface area contributed by atoms with Gasteiger partial charge < -0.3 is 5.32 Å². The molecule has 0 aromatic carbocycles. The highest BCUT2D eigenvalue weighted by Crippen LogP contribution is 2.31. The minimum atomic E-state index is -2.52. The molecule has 100 valence electrons. The fourth-order valence-corrected chi connectivity index (χ4v) is 3.16. The van der Waals surface area contributed by atoms with E-state index < -0.39 is 12.0 Å². The van der Waals surface area contributed by atoms with Gasteiger partial charge in [-0.3, -0.25) is 4.90 Å². The highest BCUT2D eigenvalue weighted by molar-refractivity contribution is 4.94. The summed E-state index contributed by atoms with van der Waals surface area (Å²) in [6.07, 6.45) is 4.85. The fourth-order valence-electron chi connectivity index (χ4n) is 3.16. The molecule has 2 fully saturated rings. The lowest BCUT2D eigenvalue weighted by Gasteiger charge is -2.36. The summed E-state index contributed by atoms with van der Waals surface area (Å²) in [5.41, 5.74) is 0. The first kappa shape index (κ1) is 13.2. The van der Waals surface area contributed by atoms with Crippen molar-refractivity contribution >= 4 is 0 Å². The molecule has 0 aromatic rings. The highest BCUT2D eigenvalue weighted by Gasteiger charge is 2.45. The first-order valence-electron chi connectivity index (χ1n) is 6.87. The van der Waals surface area contributed by atoms with Crippen LogP contribution in [0.15, 0.2) is 0 Å². The zero-order valence-corrected chi connectivity index (χ0v) is 10.9. The molecule has 1 aliphatic carbocycles. The Hall–Kier alpha value is -0.220. The van der Waals surface area contributed by atoms with E-state index in [4.69, 9.17) is 0 Å². The van der Waals surface area contributed by atoms with Crippen molar-refractivity contribution in [2.45, 2.75) is 70.0 Å². The Morgan fingerprint density at radius 1 is 1.29 bits per heavy atom.